The Morgan fingerprint density at radius 2 is 2.35 bits per heavy atom. The monoisotopic (exact) mass is 234 g/mol. The summed E-state index contributed by atoms with van der Waals surface area (Å²) in [6, 6.07) is 5.99. The number of carbonyl (C=O) groups is 1. The van der Waals surface area contributed by atoms with Crippen molar-refractivity contribution in [3.05, 3.63) is 29.3 Å². The van der Waals surface area contributed by atoms with Crippen LogP contribution in [0.25, 0.3) is 0 Å². The Hall–Kier alpha value is -1.51. The maximum absolute atomic E-state index is 10.5. The highest BCUT2D eigenvalue weighted by atomic mass is 16.5. The third-order valence-corrected chi connectivity index (χ3v) is 3.43. The maximum Gasteiger partial charge on any atom is 0.341 e. The van der Waals surface area contributed by atoms with Gasteiger partial charge in [-0.15, -0.1) is 0 Å². The summed E-state index contributed by atoms with van der Waals surface area (Å²) in [6.45, 7) is 1.94. The lowest BCUT2D eigenvalue weighted by Gasteiger charge is -2.26. The first-order valence-electron chi connectivity index (χ1n) is 6.18. The van der Waals surface area contributed by atoms with E-state index in [1.807, 2.05) is 12.1 Å². The summed E-state index contributed by atoms with van der Waals surface area (Å²) >= 11 is 0. The first kappa shape index (κ1) is 12.0. The topological polar surface area (TPSA) is 46.5 Å². The van der Waals surface area contributed by atoms with Crippen molar-refractivity contribution in [2.75, 3.05) is 6.61 Å². The normalized spacial score (nSPS) is 18.5. The SMILES string of the molecule is CCC1CCCc2c(OCC(=O)O)cccc21. The summed E-state index contributed by atoms with van der Waals surface area (Å²) < 4.78 is 5.36. The zero-order valence-corrected chi connectivity index (χ0v) is 10.1. The van der Waals surface area contributed by atoms with Gasteiger partial charge < -0.3 is 9.84 Å². The van der Waals surface area contributed by atoms with Crippen LogP contribution in [0.4, 0.5) is 0 Å². The Morgan fingerprint density at radius 1 is 1.53 bits per heavy atom. The molecule has 0 heterocycles. The maximum atomic E-state index is 10.5. The van der Waals surface area contributed by atoms with Crippen molar-refractivity contribution in [2.24, 2.45) is 0 Å². The minimum Gasteiger partial charge on any atom is -0.482 e. The zero-order chi connectivity index (χ0) is 12.3. The quantitative estimate of drug-likeness (QED) is 0.871. The third kappa shape index (κ3) is 2.60. The molecule has 0 saturated heterocycles. The van der Waals surface area contributed by atoms with E-state index in [1.165, 1.54) is 24.0 Å². The van der Waals surface area contributed by atoms with Crippen LogP contribution in [0.3, 0.4) is 0 Å². The molecule has 1 atom stereocenters. The molecule has 0 bridgehead atoms. The van der Waals surface area contributed by atoms with E-state index in [1.54, 1.807) is 0 Å². The van der Waals surface area contributed by atoms with Gasteiger partial charge in [-0.3, -0.25) is 0 Å². The Labute approximate surface area is 101 Å². The molecular weight excluding hydrogens is 216 g/mol. The number of rotatable bonds is 4. The van der Waals surface area contributed by atoms with Crippen molar-refractivity contribution in [2.45, 2.75) is 38.5 Å². The fourth-order valence-electron chi connectivity index (χ4n) is 2.61. The lowest BCUT2D eigenvalue weighted by molar-refractivity contribution is -0.139. The Kier molecular flexibility index (Phi) is 3.67. The number of ether oxygens (including phenoxy) is 1. The molecule has 17 heavy (non-hydrogen) atoms. The summed E-state index contributed by atoms with van der Waals surface area (Å²) in [7, 11) is 0. The van der Waals surface area contributed by atoms with E-state index in [9.17, 15) is 4.79 Å². The van der Waals surface area contributed by atoms with Gasteiger partial charge in [0, 0.05) is 0 Å². The molecule has 92 valence electrons. The Balaban J connectivity index is 2.26. The lowest BCUT2D eigenvalue weighted by atomic mass is 9.81. The minimum atomic E-state index is -0.926. The molecule has 0 saturated carbocycles. The van der Waals surface area contributed by atoms with E-state index in [0.29, 0.717) is 5.92 Å². The van der Waals surface area contributed by atoms with E-state index in [2.05, 4.69) is 13.0 Å². The smallest absolute Gasteiger partial charge is 0.341 e. The van der Waals surface area contributed by atoms with Crippen LogP contribution in [0.1, 0.15) is 43.2 Å². The first-order chi connectivity index (χ1) is 8.22. The molecule has 2 rings (SSSR count). The van der Waals surface area contributed by atoms with Crippen LogP contribution in [-0.2, 0) is 11.2 Å². The van der Waals surface area contributed by atoms with Gasteiger partial charge in [0.25, 0.3) is 0 Å². The number of aliphatic carboxylic acids is 1. The second-order valence-corrected chi connectivity index (χ2v) is 4.50. The van der Waals surface area contributed by atoms with Gasteiger partial charge in [0.2, 0.25) is 0 Å². The van der Waals surface area contributed by atoms with Gasteiger partial charge in [-0.05, 0) is 48.8 Å². The van der Waals surface area contributed by atoms with Crippen molar-refractivity contribution < 1.29 is 14.6 Å². The van der Waals surface area contributed by atoms with Crippen LogP contribution in [0.5, 0.6) is 5.75 Å². The molecule has 0 fully saturated rings. The van der Waals surface area contributed by atoms with Crippen LogP contribution in [0.15, 0.2) is 18.2 Å². The predicted octanol–water partition coefficient (Wildman–Crippen LogP) is 2.98. The fraction of sp³-hybridized carbons (Fsp3) is 0.500. The molecule has 3 nitrogen and oxygen atoms in total. The van der Waals surface area contributed by atoms with Crippen molar-refractivity contribution >= 4 is 5.97 Å². The van der Waals surface area contributed by atoms with Crippen LogP contribution in [0, 0.1) is 0 Å². The number of benzene rings is 1. The first-order valence-corrected chi connectivity index (χ1v) is 6.18. The summed E-state index contributed by atoms with van der Waals surface area (Å²) in [5, 5.41) is 8.65. The molecule has 1 aromatic carbocycles. The van der Waals surface area contributed by atoms with Gasteiger partial charge in [-0.2, -0.15) is 0 Å². The lowest BCUT2D eigenvalue weighted by Crippen LogP contribution is -2.14. The van der Waals surface area contributed by atoms with Gasteiger partial charge in [0.05, 0.1) is 0 Å². The second kappa shape index (κ2) is 5.21. The van der Waals surface area contributed by atoms with Crippen molar-refractivity contribution in [1.29, 1.82) is 0 Å². The van der Waals surface area contributed by atoms with E-state index in [4.69, 9.17) is 9.84 Å². The summed E-state index contributed by atoms with van der Waals surface area (Å²) in [5.41, 5.74) is 2.56. The molecule has 1 aliphatic carbocycles. The highest BCUT2D eigenvalue weighted by Gasteiger charge is 2.21. The van der Waals surface area contributed by atoms with E-state index >= 15 is 0 Å². The minimum absolute atomic E-state index is 0.257. The van der Waals surface area contributed by atoms with Gasteiger partial charge in [-0.25, -0.2) is 4.79 Å². The van der Waals surface area contributed by atoms with Gasteiger partial charge in [0.15, 0.2) is 6.61 Å². The molecule has 0 aromatic heterocycles. The van der Waals surface area contributed by atoms with Crippen LogP contribution < -0.4 is 4.74 Å². The van der Waals surface area contributed by atoms with E-state index in [-0.39, 0.29) is 6.61 Å². The second-order valence-electron chi connectivity index (χ2n) is 4.50. The van der Waals surface area contributed by atoms with Crippen LogP contribution in [0.2, 0.25) is 0 Å². The van der Waals surface area contributed by atoms with Crippen molar-refractivity contribution in [3.8, 4) is 5.75 Å². The third-order valence-electron chi connectivity index (χ3n) is 3.43. The average Bonchev–Trinajstić information content (AvgIpc) is 2.35. The molecule has 0 aliphatic heterocycles. The molecule has 1 N–H and O–H groups in total. The number of carboxylic acids is 1. The largest absolute Gasteiger partial charge is 0.482 e. The Morgan fingerprint density at radius 3 is 3.06 bits per heavy atom. The van der Waals surface area contributed by atoms with Gasteiger partial charge >= 0.3 is 5.97 Å². The molecule has 1 aromatic rings. The average molecular weight is 234 g/mol. The standard InChI is InChI=1S/C14H18O3/c1-2-10-5-3-7-12-11(10)6-4-8-13(12)17-9-14(15)16/h4,6,8,10H,2-3,5,7,9H2,1H3,(H,15,16). The fourth-order valence-corrected chi connectivity index (χ4v) is 2.61. The molecule has 0 radical (unpaired) electrons. The summed E-state index contributed by atoms with van der Waals surface area (Å²) in [6.07, 6.45) is 4.53. The number of hydrogen-bond donors (Lipinski definition) is 1. The molecule has 3 heteroatoms. The van der Waals surface area contributed by atoms with Crippen LogP contribution in [-0.4, -0.2) is 17.7 Å². The number of carboxylic acid groups (broad SMARTS) is 1. The predicted molar refractivity (Wildman–Crippen MR) is 65.5 cm³/mol. The molecule has 0 spiro atoms. The van der Waals surface area contributed by atoms with Crippen molar-refractivity contribution in [1.82, 2.24) is 0 Å². The Bertz CT molecular complexity index is 412. The molecular formula is C14H18O3. The van der Waals surface area contributed by atoms with Crippen LogP contribution >= 0.6 is 0 Å². The molecule has 0 amide bonds. The van der Waals surface area contributed by atoms with Gasteiger partial charge in [-0.1, -0.05) is 19.1 Å². The highest BCUT2D eigenvalue weighted by Crippen LogP contribution is 2.38. The number of fused-ring (bicyclic) bond motifs is 1. The summed E-state index contributed by atoms with van der Waals surface area (Å²) in [4.78, 5) is 10.5. The van der Waals surface area contributed by atoms with Crippen molar-refractivity contribution in [3.63, 3.8) is 0 Å². The number of hydrogen-bond acceptors (Lipinski definition) is 2. The molecule has 1 aliphatic rings. The van der Waals surface area contributed by atoms with E-state index < -0.39 is 5.97 Å². The highest BCUT2D eigenvalue weighted by molar-refractivity contribution is 5.68. The van der Waals surface area contributed by atoms with Gasteiger partial charge in [0.1, 0.15) is 5.75 Å². The zero-order valence-electron chi connectivity index (χ0n) is 10.1. The molecule has 1 unspecified atom stereocenters. The summed E-state index contributed by atoms with van der Waals surface area (Å²) in [5.74, 6) is 0.431. The van der Waals surface area contributed by atoms with E-state index in [0.717, 1.165) is 18.6 Å².